The second-order valence-electron chi connectivity index (χ2n) is 8.66. The van der Waals surface area contributed by atoms with Crippen LogP contribution in [0.25, 0.3) is 11.3 Å². The molecule has 1 amide bonds. The zero-order valence-corrected chi connectivity index (χ0v) is 21.5. The second-order valence-corrected chi connectivity index (χ2v) is 8.66. The molecular weight excluding hydrogens is 486 g/mol. The van der Waals surface area contributed by atoms with Gasteiger partial charge in [-0.2, -0.15) is 10.2 Å². The van der Waals surface area contributed by atoms with Crippen LogP contribution in [0, 0.1) is 0 Å². The summed E-state index contributed by atoms with van der Waals surface area (Å²) in [5.74, 6) is 1.67. The van der Waals surface area contributed by atoms with Crippen molar-refractivity contribution >= 4 is 28.8 Å². The highest BCUT2D eigenvalue weighted by molar-refractivity contribution is 6.03. The van der Waals surface area contributed by atoms with Crippen molar-refractivity contribution < 1.29 is 19.0 Å². The summed E-state index contributed by atoms with van der Waals surface area (Å²) in [5, 5.41) is 19.0. The van der Waals surface area contributed by atoms with Crippen LogP contribution in [0.1, 0.15) is 10.5 Å². The lowest BCUT2D eigenvalue weighted by Gasteiger charge is -2.28. The highest BCUT2D eigenvalue weighted by Gasteiger charge is 2.18. The summed E-state index contributed by atoms with van der Waals surface area (Å²) >= 11 is 0. The van der Waals surface area contributed by atoms with Crippen LogP contribution >= 0.6 is 0 Å². The number of amides is 1. The van der Waals surface area contributed by atoms with Gasteiger partial charge in [-0.25, -0.2) is 0 Å². The standard InChI is InChI=1S/C27H29N7O4/c1-33-24(16-23(32-33)22-15-21(36-2)8-9-25(22)37-3)27(35)30-19-6-4-18(5-7-19)29-26-14-20(17-28-31-26)34-10-12-38-13-11-34/h4-9,14-17H,10-13H2,1-3H3,(H,29,31)(H,30,35). The number of aryl methyl sites for hydroxylation is 1. The molecule has 1 aliphatic rings. The number of morpholine rings is 1. The maximum Gasteiger partial charge on any atom is 0.273 e. The topological polar surface area (TPSA) is 116 Å². The number of carbonyl (C=O) groups is 1. The van der Waals surface area contributed by atoms with E-state index in [4.69, 9.17) is 14.2 Å². The Labute approximate surface area is 220 Å². The summed E-state index contributed by atoms with van der Waals surface area (Å²) in [6.45, 7) is 3.05. The first kappa shape index (κ1) is 25.0. The summed E-state index contributed by atoms with van der Waals surface area (Å²) in [7, 11) is 4.91. The van der Waals surface area contributed by atoms with Crippen molar-refractivity contribution in [3.63, 3.8) is 0 Å². The first-order chi connectivity index (χ1) is 18.5. The quantitative estimate of drug-likeness (QED) is 0.362. The average molecular weight is 516 g/mol. The van der Waals surface area contributed by atoms with Gasteiger partial charge in [-0.1, -0.05) is 0 Å². The van der Waals surface area contributed by atoms with E-state index < -0.39 is 0 Å². The number of benzene rings is 2. The molecule has 11 heteroatoms. The molecule has 0 spiro atoms. The SMILES string of the molecule is COc1ccc(OC)c(-c2cc(C(=O)Nc3ccc(Nc4cc(N5CCOCC5)cnn4)cc3)n(C)n2)c1. The highest BCUT2D eigenvalue weighted by atomic mass is 16.5. The van der Waals surface area contributed by atoms with Crippen molar-refractivity contribution in [1.82, 2.24) is 20.0 Å². The third-order valence-electron chi connectivity index (χ3n) is 6.23. The fourth-order valence-electron chi connectivity index (χ4n) is 4.22. The highest BCUT2D eigenvalue weighted by Crippen LogP contribution is 2.33. The molecule has 2 aromatic heterocycles. The van der Waals surface area contributed by atoms with Gasteiger partial charge in [0, 0.05) is 43.1 Å². The van der Waals surface area contributed by atoms with Gasteiger partial charge in [0.2, 0.25) is 0 Å². The largest absolute Gasteiger partial charge is 0.497 e. The molecule has 0 atom stereocenters. The van der Waals surface area contributed by atoms with E-state index in [0.29, 0.717) is 47.6 Å². The van der Waals surface area contributed by atoms with Gasteiger partial charge in [-0.15, -0.1) is 5.10 Å². The molecule has 38 heavy (non-hydrogen) atoms. The molecule has 0 radical (unpaired) electrons. The van der Waals surface area contributed by atoms with Crippen LogP contribution in [0.5, 0.6) is 11.5 Å². The number of nitrogens with one attached hydrogen (secondary N) is 2. The Morgan fingerprint density at radius 3 is 2.47 bits per heavy atom. The van der Waals surface area contributed by atoms with Crippen LogP contribution in [-0.2, 0) is 11.8 Å². The summed E-state index contributed by atoms with van der Waals surface area (Å²) in [6.07, 6.45) is 1.75. The Morgan fingerprint density at radius 2 is 1.74 bits per heavy atom. The first-order valence-electron chi connectivity index (χ1n) is 12.1. The minimum Gasteiger partial charge on any atom is -0.497 e. The van der Waals surface area contributed by atoms with Gasteiger partial charge in [0.05, 0.1) is 45.0 Å². The molecule has 0 saturated carbocycles. The van der Waals surface area contributed by atoms with Crippen molar-refractivity contribution in [2.24, 2.45) is 7.05 Å². The van der Waals surface area contributed by atoms with Gasteiger partial charge in [-0.05, 0) is 48.5 Å². The number of aromatic nitrogens is 4. The molecule has 4 aromatic rings. The maximum atomic E-state index is 13.0. The van der Waals surface area contributed by atoms with Gasteiger partial charge in [0.15, 0.2) is 5.82 Å². The fourth-order valence-corrected chi connectivity index (χ4v) is 4.22. The minimum atomic E-state index is -0.280. The molecule has 11 nitrogen and oxygen atoms in total. The average Bonchev–Trinajstić information content (AvgIpc) is 3.36. The second kappa shape index (κ2) is 11.2. The Bertz CT molecular complexity index is 1420. The summed E-state index contributed by atoms with van der Waals surface area (Å²) < 4.78 is 17.8. The smallest absolute Gasteiger partial charge is 0.273 e. The lowest BCUT2D eigenvalue weighted by molar-refractivity contribution is 0.101. The Morgan fingerprint density at radius 1 is 0.974 bits per heavy atom. The summed E-state index contributed by atoms with van der Waals surface area (Å²) in [6, 6.07) is 16.5. The van der Waals surface area contributed by atoms with E-state index in [0.717, 1.165) is 30.0 Å². The third-order valence-corrected chi connectivity index (χ3v) is 6.23. The molecular formula is C27H29N7O4. The number of nitrogens with zero attached hydrogens (tertiary/aromatic N) is 5. The van der Waals surface area contributed by atoms with E-state index in [2.05, 4.69) is 30.8 Å². The Kier molecular flexibility index (Phi) is 7.36. The number of anilines is 4. The third kappa shape index (κ3) is 5.52. The normalized spacial score (nSPS) is 13.2. The van der Waals surface area contributed by atoms with Gasteiger partial charge in [0.1, 0.15) is 17.2 Å². The van der Waals surface area contributed by atoms with E-state index in [1.165, 1.54) is 0 Å². The molecule has 0 aliphatic carbocycles. The van der Waals surface area contributed by atoms with Crippen LogP contribution in [-0.4, -0.2) is 66.4 Å². The van der Waals surface area contributed by atoms with E-state index >= 15 is 0 Å². The number of rotatable bonds is 8. The Hall–Kier alpha value is -4.64. The Balaban J connectivity index is 1.26. The predicted octanol–water partition coefficient (Wildman–Crippen LogP) is 3.73. The molecule has 1 saturated heterocycles. The number of hydrogen-bond acceptors (Lipinski definition) is 9. The van der Waals surface area contributed by atoms with Crippen LogP contribution in [0.3, 0.4) is 0 Å². The van der Waals surface area contributed by atoms with Crippen molar-refractivity contribution in [3.05, 3.63) is 66.5 Å². The number of hydrogen-bond donors (Lipinski definition) is 2. The molecule has 3 heterocycles. The van der Waals surface area contributed by atoms with Gasteiger partial charge in [-0.3, -0.25) is 9.48 Å². The molecule has 2 N–H and O–H groups in total. The van der Waals surface area contributed by atoms with Gasteiger partial charge < -0.3 is 29.7 Å². The van der Waals surface area contributed by atoms with E-state index in [-0.39, 0.29) is 5.91 Å². The molecule has 0 unspecified atom stereocenters. The van der Waals surface area contributed by atoms with Gasteiger partial charge in [0.25, 0.3) is 5.91 Å². The van der Waals surface area contributed by atoms with E-state index in [1.807, 2.05) is 48.5 Å². The van der Waals surface area contributed by atoms with Crippen molar-refractivity contribution in [2.45, 2.75) is 0 Å². The number of ether oxygens (including phenoxy) is 3. The molecule has 196 valence electrons. The van der Waals surface area contributed by atoms with Crippen molar-refractivity contribution in [2.75, 3.05) is 56.1 Å². The maximum absolute atomic E-state index is 13.0. The van der Waals surface area contributed by atoms with Crippen molar-refractivity contribution in [1.29, 1.82) is 0 Å². The summed E-state index contributed by atoms with van der Waals surface area (Å²) in [4.78, 5) is 15.3. The van der Waals surface area contributed by atoms with E-state index in [1.54, 1.807) is 38.2 Å². The molecule has 5 rings (SSSR count). The molecule has 0 bridgehead atoms. The van der Waals surface area contributed by atoms with E-state index in [9.17, 15) is 4.79 Å². The summed E-state index contributed by atoms with van der Waals surface area (Å²) in [5.41, 5.74) is 4.21. The fraction of sp³-hybridized carbons (Fsp3) is 0.259. The zero-order chi connectivity index (χ0) is 26.5. The predicted molar refractivity (Wildman–Crippen MR) is 144 cm³/mol. The van der Waals surface area contributed by atoms with Crippen LogP contribution in [0.4, 0.5) is 22.9 Å². The first-order valence-corrected chi connectivity index (χ1v) is 12.1. The van der Waals surface area contributed by atoms with Gasteiger partial charge >= 0.3 is 0 Å². The van der Waals surface area contributed by atoms with Crippen LogP contribution < -0.4 is 25.0 Å². The monoisotopic (exact) mass is 515 g/mol. The van der Waals surface area contributed by atoms with Crippen molar-refractivity contribution in [3.8, 4) is 22.8 Å². The number of methoxy groups -OCH3 is 2. The number of carbonyl (C=O) groups excluding carboxylic acids is 1. The van der Waals surface area contributed by atoms with Crippen LogP contribution in [0.15, 0.2) is 60.8 Å². The lowest BCUT2D eigenvalue weighted by atomic mass is 10.1. The lowest BCUT2D eigenvalue weighted by Crippen LogP contribution is -2.36. The molecule has 1 aliphatic heterocycles. The van der Waals surface area contributed by atoms with Crippen LogP contribution in [0.2, 0.25) is 0 Å². The zero-order valence-electron chi connectivity index (χ0n) is 21.5. The molecule has 1 fully saturated rings. The minimum absolute atomic E-state index is 0.280. The molecule has 2 aromatic carbocycles.